The van der Waals surface area contributed by atoms with Crippen LogP contribution in [0.1, 0.15) is 29.6 Å². The Hall–Kier alpha value is -2.08. The van der Waals surface area contributed by atoms with Crippen molar-refractivity contribution in [1.82, 2.24) is 9.59 Å². The second-order valence-corrected chi connectivity index (χ2v) is 5.11. The van der Waals surface area contributed by atoms with E-state index in [-0.39, 0.29) is 17.1 Å². The standard InChI is InChI=1S/C13H10N2O3S/c16-9-5-2-6-10(17)11(9)12(18)7-3-1-4-8-13(7)19-15-14-8/h1,3-4,16H,2,5-6H2. The van der Waals surface area contributed by atoms with Crippen molar-refractivity contribution in [2.24, 2.45) is 0 Å². The van der Waals surface area contributed by atoms with E-state index in [4.69, 9.17) is 0 Å². The van der Waals surface area contributed by atoms with Gasteiger partial charge in [0.05, 0.1) is 4.70 Å². The summed E-state index contributed by atoms with van der Waals surface area (Å²) in [5, 5.41) is 13.7. The first-order valence-electron chi connectivity index (χ1n) is 5.89. The average molecular weight is 274 g/mol. The van der Waals surface area contributed by atoms with E-state index >= 15 is 0 Å². The van der Waals surface area contributed by atoms with Gasteiger partial charge in [0, 0.05) is 18.4 Å². The Morgan fingerprint density at radius 2 is 2.16 bits per heavy atom. The van der Waals surface area contributed by atoms with E-state index in [1.165, 1.54) is 0 Å². The van der Waals surface area contributed by atoms with Crippen molar-refractivity contribution in [1.29, 1.82) is 0 Å². The molecule has 6 heteroatoms. The quantitative estimate of drug-likeness (QED) is 0.672. The van der Waals surface area contributed by atoms with E-state index in [1.807, 2.05) is 0 Å². The number of carbonyl (C=O) groups excluding carboxylic acids is 2. The fourth-order valence-electron chi connectivity index (χ4n) is 2.20. The Morgan fingerprint density at radius 1 is 1.32 bits per heavy atom. The molecule has 1 aromatic carbocycles. The van der Waals surface area contributed by atoms with Gasteiger partial charge < -0.3 is 5.11 Å². The maximum atomic E-state index is 12.4. The molecule has 1 N–H and O–H groups in total. The van der Waals surface area contributed by atoms with E-state index in [1.54, 1.807) is 18.2 Å². The van der Waals surface area contributed by atoms with Crippen LogP contribution in [0, 0.1) is 0 Å². The third-order valence-electron chi connectivity index (χ3n) is 3.13. The van der Waals surface area contributed by atoms with Crippen LogP contribution >= 0.6 is 11.5 Å². The number of hydrogen-bond donors (Lipinski definition) is 1. The van der Waals surface area contributed by atoms with Crippen LogP contribution in [-0.4, -0.2) is 26.3 Å². The lowest BCUT2D eigenvalue weighted by atomic mass is 9.90. The second kappa shape index (κ2) is 4.55. The summed E-state index contributed by atoms with van der Waals surface area (Å²) in [7, 11) is 0. The molecule has 0 bridgehead atoms. The Labute approximate surface area is 112 Å². The maximum Gasteiger partial charge on any atom is 0.201 e. The number of fused-ring (bicyclic) bond motifs is 1. The van der Waals surface area contributed by atoms with Crippen molar-refractivity contribution in [2.45, 2.75) is 19.3 Å². The highest BCUT2D eigenvalue weighted by atomic mass is 32.1. The molecule has 1 heterocycles. The van der Waals surface area contributed by atoms with Crippen LogP contribution < -0.4 is 0 Å². The Balaban J connectivity index is 2.14. The molecule has 0 spiro atoms. The molecule has 1 aliphatic rings. The molecule has 19 heavy (non-hydrogen) atoms. The molecule has 1 aliphatic carbocycles. The summed E-state index contributed by atoms with van der Waals surface area (Å²) in [6.45, 7) is 0. The van der Waals surface area contributed by atoms with Crippen molar-refractivity contribution >= 4 is 33.3 Å². The normalized spacial score (nSPS) is 16.1. The fraction of sp³-hybridized carbons (Fsp3) is 0.231. The number of carbonyl (C=O) groups is 2. The van der Waals surface area contributed by atoms with Gasteiger partial charge >= 0.3 is 0 Å². The Bertz CT molecular complexity index is 718. The predicted molar refractivity (Wildman–Crippen MR) is 70.3 cm³/mol. The molecule has 0 amide bonds. The molecule has 0 aliphatic heterocycles. The largest absolute Gasteiger partial charge is 0.511 e. The zero-order valence-electron chi connectivity index (χ0n) is 9.92. The van der Waals surface area contributed by atoms with Gasteiger partial charge in [-0.1, -0.05) is 10.6 Å². The highest BCUT2D eigenvalue weighted by Gasteiger charge is 2.28. The minimum Gasteiger partial charge on any atom is -0.511 e. The van der Waals surface area contributed by atoms with Crippen molar-refractivity contribution in [3.05, 3.63) is 35.1 Å². The van der Waals surface area contributed by atoms with Crippen LogP contribution in [0.3, 0.4) is 0 Å². The molecule has 1 aromatic heterocycles. The molecule has 0 fully saturated rings. The molecular weight excluding hydrogens is 264 g/mol. The minimum absolute atomic E-state index is 0.0767. The summed E-state index contributed by atoms with van der Waals surface area (Å²) < 4.78 is 4.45. The van der Waals surface area contributed by atoms with E-state index in [0.717, 1.165) is 11.5 Å². The number of hydrogen-bond acceptors (Lipinski definition) is 6. The molecule has 0 atom stereocenters. The number of aliphatic hydroxyl groups excluding tert-OH is 1. The lowest BCUT2D eigenvalue weighted by Crippen LogP contribution is -2.19. The summed E-state index contributed by atoms with van der Waals surface area (Å²) in [4.78, 5) is 24.3. The number of rotatable bonds is 2. The Kier molecular flexibility index (Phi) is 2.87. The molecule has 0 saturated heterocycles. The van der Waals surface area contributed by atoms with Gasteiger partial charge in [0.15, 0.2) is 5.78 Å². The molecule has 5 nitrogen and oxygen atoms in total. The van der Waals surface area contributed by atoms with Gasteiger partial charge in [-0.05, 0) is 30.1 Å². The van der Waals surface area contributed by atoms with E-state index in [0.29, 0.717) is 35.0 Å². The van der Waals surface area contributed by atoms with Gasteiger partial charge in [-0.2, -0.15) is 0 Å². The number of allylic oxidation sites excluding steroid dienone is 2. The number of aromatic nitrogens is 2. The van der Waals surface area contributed by atoms with Gasteiger partial charge in [-0.25, -0.2) is 0 Å². The molecule has 0 saturated carbocycles. The zero-order chi connectivity index (χ0) is 13.4. The number of nitrogens with zero attached hydrogens (tertiary/aromatic N) is 2. The van der Waals surface area contributed by atoms with Crippen LogP contribution in [0.5, 0.6) is 0 Å². The number of aliphatic hydroxyl groups is 1. The summed E-state index contributed by atoms with van der Waals surface area (Å²) >= 11 is 1.11. The lowest BCUT2D eigenvalue weighted by molar-refractivity contribution is -0.115. The van der Waals surface area contributed by atoms with Crippen molar-refractivity contribution in [3.8, 4) is 0 Å². The summed E-state index contributed by atoms with van der Waals surface area (Å²) in [5.41, 5.74) is 0.927. The topological polar surface area (TPSA) is 80.1 Å². The van der Waals surface area contributed by atoms with Gasteiger partial charge in [0.1, 0.15) is 16.8 Å². The average Bonchev–Trinajstić information content (AvgIpc) is 2.86. The third-order valence-corrected chi connectivity index (χ3v) is 3.91. The van der Waals surface area contributed by atoms with Crippen LogP contribution in [-0.2, 0) is 4.79 Å². The molecular formula is C13H10N2O3S. The highest BCUT2D eigenvalue weighted by molar-refractivity contribution is 7.13. The first-order chi connectivity index (χ1) is 9.18. The fourth-order valence-corrected chi connectivity index (χ4v) is 2.88. The van der Waals surface area contributed by atoms with Crippen LogP contribution in [0.25, 0.3) is 10.2 Å². The van der Waals surface area contributed by atoms with E-state index in [2.05, 4.69) is 9.59 Å². The molecule has 0 radical (unpaired) electrons. The van der Waals surface area contributed by atoms with Crippen molar-refractivity contribution < 1.29 is 14.7 Å². The lowest BCUT2D eigenvalue weighted by Gasteiger charge is -2.14. The smallest absolute Gasteiger partial charge is 0.201 e. The van der Waals surface area contributed by atoms with Gasteiger partial charge in [-0.3, -0.25) is 9.59 Å². The monoisotopic (exact) mass is 274 g/mol. The Morgan fingerprint density at radius 3 is 2.95 bits per heavy atom. The number of ketones is 2. The molecule has 2 aromatic rings. The predicted octanol–water partition coefficient (Wildman–Crippen LogP) is 2.44. The van der Waals surface area contributed by atoms with Gasteiger partial charge in [0.2, 0.25) is 5.78 Å². The third kappa shape index (κ3) is 1.94. The van der Waals surface area contributed by atoms with Gasteiger partial charge in [-0.15, -0.1) is 5.10 Å². The van der Waals surface area contributed by atoms with Crippen LogP contribution in [0.4, 0.5) is 0 Å². The molecule has 3 rings (SSSR count). The first-order valence-corrected chi connectivity index (χ1v) is 6.67. The second-order valence-electron chi connectivity index (χ2n) is 4.35. The first kappa shape index (κ1) is 12.0. The van der Waals surface area contributed by atoms with Crippen molar-refractivity contribution in [3.63, 3.8) is 0 Å². The highest BCUT2D eigenvalue weighted by Crippen LogP contribution is 2.27. The molecule has 0 unspecified atom stereocenters. The molecule has 96 valence electrons. The number of Topliss-reactive ketones (excluding diaryl/α,β-unsaturated/α-hetero) is 2. The number of benzene rings is 1. The van der Waals surface area contributed by atoms with E-state index < -0.39 is 5.78 Å². The zero-order valence-corrected chi connectivity index (χ0v) is 10.7. The van der Waals surface area contributed by atoms with Crippen LogP contribution in [0.2, 0.25) is 0 Å². The summed E-state index contributed by atoms with van der Waals surface area (Å²) in [5.74, 6) is -0.821. The van der Waals surface area contributed by atoms with Crippen molar-refractivity contribution in [2.75, 3.05) is 0 Å². The van der Waals surface area contributed by atoms with Gasteiger partial charge in [0.25, 0.3) is 0 Å². The minimum atomic E-state index is -0.432. The summed E-state index contributed by atoms with van der Waals surface area (Å²) in [6.07, 6.45) is 1.28. The SMILES string of the molecule is O=C1CCCC(O)=C1C(=O)c1cccc2nnsc12. The van der Waals surface area contributed by atoms with Crippen LogP contribution in [0.15, 0.2) is 29.5 Å². The summed E-state index contributed by atoms with van der Waals surface area (Å²) in [6, 6.07) is 5.08. The maximum absolute atomic E-state index is 12.4. The van der Waals surface area contributed by atoms with E-state index in [9.17, 15) is 14.7 Å².